The first-order valence-electron chi connectivity index (χ1n) is 8.19. The minimum atomic E-state index is -0.106. The van der Waals surface area contributed by atoms with Crippen LogP contribution in [0.1, 0.15) is 20.9 Å². The molecular weight excluding hydrogens is 366 g/mol. The largest absolute Gasteiger partial charge is 0.347 e. The van der Waals surface area contributed by atoms with Crippen LogP contribution in [0, 0.1) is 6.92 Å². The first kappa shape index (κ1) is 16.8. The Balaban J connectivity index is 1.61. The lowest BCUT2D eigenvalue weighted by molar-refractivity contribution is 0.0955. The molecule has 2 aromatic heterocycles. The van der Waals surface area contributed by atoms with Gasteiger partial charge >= 0.3 is 0 Å². The summed E-state index contributed by atoms with van der Waals surface area (Å²) in [6.07, 6.45) is 0. The van der Waals surface area contributed by atoms with Gasteiger partial charge in [-0.2, -0.15) is 5.10 Å². The molecule has 0 aliphatic carbocycles. The zero-order valence-corrected chi connectivity index (χ0v) is 15.6. The number of para-hydroxylation sites is 1. The van der Waals surface area contributed by atoms with E-state index >= 15 is 0 Å². The number of carbonyl (C=O) groups excluding carboxylic acids is 1. The van der Waals surface area contributed by atoms with E-state index in [1.54, 1.807) is 0 Å². The zero-order chi connectivity index (χ0) is 18.1. The molecule has 1 N–H and O–H groups in total. The highest BCUT2D eigenvalue weighted by atomic mass is 35.5. The van der Waals surface area contributed by atoms with Crippen LogP contribution in [-0.4, -0.2) is 15.7 Å². The number of benzene rings is 2. The molecule has 130 valence electrons. The smallest absolute Gasteiger partial charge is 0.261 e. The van der Waals surface area contributed by atoms with Crippen molar-refractivity contribution >= 4 is 39.1 Å². The summed E-state index contributed by atoms with van der Waals surface area (Å²) in [6, 6.07) is 19.3. The Morgan fingerprint density at radius 2 is 1.88 bits per heavy atom. The molecule has 0 unspecified atom stereocenters. The summed E-state index contributed by atoms with van der Waals surface area (Å²) in [5.74, 6) is -0.106. The van der Waals surface area contributed by atoms with E-state index in [9.17, 15) is 4.79 Å². The van der Waals surface area contributed by atoms with Crippen LogP contribution < -0.4 is 5.32 Å². The van der Waals surface area contributed by atoms with Crippen LogP contribution in [0.2, 0.25) is 5.02 Å². The topological polar surface area (TPSA) is 46.9 Å². The molecule has 1 amide bonds. The molecule has 0 aliphatic rings. The lowest BCUT2D eigenvalue weighted by Gasteiger charge is -2.05. The van der Waals surface area contributed by atoms with E-state index in [0.29, 0.717) is 16.4 Å². The van der Waals surface area contributed by atoms with Gasteiger partial charge in [0.15, 0.2) is 0 Å². The molecule has 4 nitrogen and oxygen atoms in total. The molecule has 0 atom stereocenters. The lowest BCUT2D eigenvalue weighted by atomic mass is 10.2. The fourth-order valence-electron chi connectivity index (χ4n) is 2.81. The molecule has 6 heteroatoms. The Morgan fingerprint density at radius 1 is 1.15 bits per heavy atom. The third-order valence-corrected chi connectivity index (χ3v) is 5.64. The maximum Gasteiger partial charge on any atom is 0.261 e. The predicted octanol–water partition coefficient (Wildman–Crippen LogP) is 4.98. The molecule has 0 radical (unpaired) electrons. The first-order valence-corrected chi connectivity index (χ1v) is 9.39. The van der Waals surface area contributed by atoms with Crippen LogP contribution in [-0.2, 0) is 6.54 Å². The van der Waals surface area contributed by atoms with Gasteiger partial charge in [0.25, 0.3) is 5.91 Å². The van der Waals surface area contributed by atoms with Crippen molar-refractivity contribution in [1.82, 2.24) is 15.1 Å². The normalized spacial score (nSPS) is 11.0. The summed E-state index contributed by atoms with van der Waals surface area (Å²) in [7, 11) is 0. The summed E-state index contributed by atoms with van der Waals surface area (Å²) in [6.45, 7) is 2.36. The van der Waals surface area contributed by atoms with Crippen molar-refractivity contribution in [3.63, 3.8) is 0 Å². The van der Waals surface area contributed by atoms with Crippen molar-refractivity contribution in [3.8, 4) is 5.69 Å². The average Bonchev–Trinajstić information content (AvgIpc) is 3.22. The van der Waals surface area contributed by atoms with Crippen LogP contribution in [0.3, 0.4) is 0 Å². The molecule has 4 rings (SSSR count). The number of aromatic nitrogens is 2. The summed E-state index contributed by atoms with van der Waals surface area (Å²) in [4.78, 5) is 14.2. The first-order chi connectivity index (χ1) is 12.6. The molecule has 0 aliphatic heterocycles. The van der Waals surface area contributed by atoms with Crippen LogP contribution in [0.5, 0.6) is 0 Å². The van der Waals surface area contributed by atoms with Gasteiger partial charge in [-0.3, -0.25) is 4.79 Å². The summed E-state index contributed by atoms with van der Waals surface area (Å²) in [5, 5.41) is 9.20. The van der Waals surface area contributed by atoms with Crippen molar-refractivity contribution in [2.45, 2.75) is 13.5 Å². The summed E-state index contributed by atoms with van der Waals surface area (Å²) >= 11 is 7.59. The van der Waals surface area contributed by atoms with Crippen LogP contribution >= 0.6 is 22.9 Å². The maximum absolute atomic E-state index is 12.6. The van der Waals surface area contributed by atoms with Gasteiger partial charge in [-0.05, 0) is 36.8 Å². The molecule has 0 fully saturated rings. The number of nitrogens with zero attached hydrogens (tertiary/aromatic N) is 2. The molecule has 0 saturated carbocycles. The highest BCUT2D eigenvalue weighted by molar-refractivity contribution is 7.20. The standard InChI is InChI=1S/C20H16ClN3OS/c1-13-16-11-18(19(25)22-12-14-7-5-6-10-17(14)21)26-20(16)24(23-13)15-8-3-2-4-9-15/h2-11H,12H2,1H3,(H,22,25). The maximum atomic E-state index is 12.6. The number of fused-ring (bicyclic) bond motifs is 1. The van der Waals surface area contributed by atoms with Crippen LogP contribution in [0.4, 0.5) is 0 Å². The molecule has 2 aromatic carbocycles. The molecule has 0 bridgehead atoms. The Morgan fingerprint density at radius 3 is 2.65 bits per heavy atom. The predicted molar refractivity (Wildman–Crippen MR) is 106 cm³/mol. The Bertz CT molecular complexity index is 1090. The number of hydrogen-bond donors (Lipinski definition) is 1. The van der Waals surface area contributed by atoms with Crippen LogP contribution in [0.25, 0.3) is 15.9 Å². The number of thiophene rings is 1. The average molecular weight is 382 g/mol. The van der Waals surface area contributed by atoms with Gasteiger partial charge in [-0.25, -0.2) is 4.68 Å². The Kier molecular flexibility index (Phi) is 4.49. The zero-order valence-electron chi connectivity index (χ0n) is 14.1. The van der Waals surface area contributed by atoms with Gasteiger partial charge in [0.1, 0.15) is 4.83 Å². The molecule has 2 heterocycles. The minimum absolute atomic E-state index is 0.106. The van der Waals surface area contributed by atoms with Gasteiger partial charge in [0, 0.05) is 17.0 Å². The molecule has 0 spiro atoms. The van der Waals surface area contributed by atoms with Gasteiger partial charge < -0.3 is 5.32 Å². The number of hydrogen-bond acceptors (Lipinski definition) is 3. The minimum Gasteiger partial charge on any atom is -0.347 e. The van der Waals surface area contributed by atoms with Crippen molar-refractivity contribution in [1.29, 1.82) is 0 Å². The Hall–Kier alpha value is -2.63. The second-order valence-corrected chi connectivity index (χ2v) is 7.37. The lowest BCUT2D eigenvalue weighted by Crippen LogP contribution is -2.21. The van der Waals surface area contributed by atoms with Gasteiger partial charge in [0.2, 0.25) is 0 Å². The summed E-state index contributed by atoms with van der Waals surface area (Å²) < 4.78 is 1.89. The fraction of sp³-hybridized carbons (Fsp3) is 0.100. The van der Waals surface area contributed by atoms with E-state index in [2.05, 4.69) is 10.4 Å². The van der Waals surface area contributed by atoms with Crippen molar-refractivity contribution in [2.24, 2.45) is 0 Å². The number of carbonyl (C=O) groups is 1. The molecular formula is C20H16ClN3OS. The second-order valence-electron chi connectivity index (χ2n) is 5.94. The molecule has 0 saturated heterocycles. The van der Waals surface area contributed by atoms with Crippen molar-refractivity contribution in [2.75, 3.05) is 0 Å². The molecule has 26 heavy (non-hydrogen) atoms. The van der Waals surface area contributed by atoms with E-state index < -0.39 is 0 Å². The number of amides is 1. The highest BCUT2D eigenvalue weighted by Gasteiger charge is 2.17. The second kappa shape index (κ2) is 6.94. The number of rotatable bonds is 4. The molecule has 4 aromatic rings. The summed E-state index contributed by atoms with van der Waals surface area (Å²) in [5.41, 5.74) is 2.79. The van der Waals surface area contributed by atoms with Gasteiger partial charge in [-0.15, -0.1) is 11.3 Å². The number of halogens is 1. The van der Waals surface area contributed by atoms with E-state index in [1.807, 2.05) is 72.3 Å². The number of nitrogens with one attached hydrogen (secondary N) is 1. The van der Waals surface area contributed by atoms with Gasteiger partial charge in [0.05, 0.1) is 16.3 Å². The van der Waals surface area contributed by atoms with E-state index in [0.717, 1.165) is 27.2 Å². The SMILES string of the molecule is Cc1nn(-c2ccccc2)c2sc(C(=O)NCc3ccccc3Cl)cc12. The number of aryl methyl sites for hydroxylation is 1. The van der Waals surface area contributed by atoms with E-state index in [1.165, 1.54) is 11.3 Å². The van der Waals surface area contributed by atoms with Gasteiger partial charge in [-0.1, -0.05) is 48.0 Å². The third-order valence-electron chi connectivity index (χ3n) is 4.17. The van der Waals surface area contributed by atoms with Crippen molar-refractivity contribution < 1.29 is 4.79 Å². The van der Waals surface area contributed by atoms with E-state index in [4.69, 9.17) is 11.6 Å². The fourth-order valence-corrected chi connectivity index (χ4v) is 4.11. The quantitative estimate of drug-likeness (QED) is 0.542. The van der Waals surface area contributed by atoms with E-state index in [-0.39, 0.29) is 5.91 Å². The highest BCUT2D eigenvalue weighted by Crippen LogP contribution is 2.30. The van der Waals surface area contributed by atoms with Crippen molar-refractivity contribution in [3.05, 3.63) is 81.8 Å². The third kappa shape index (κ3) is 3.11. The van der Waals surface area contributed by atoms with Crippen LogP contribution in [0.15, 0.2) is 60.7 Å². The Labute approximate surface area is 160 Å². The monoisotopic (exact) mass is 381 g/mol.